The fourth-order valence-electron chi connectivity index (χ4n) is 2.00. The molecule has 0 N–H and O–H groups in total. The quantitative estimate of drug-likeness (QED) is 0.551. The minimum absolute atomic E-state index is 0.232. The van der Waals surface area contributed by atoms with Gasteiger partial charge in [-0.15, -0.1) is 0 Å². The van der Waals surface area contributed by atoms with E-state index in [0.717, 1.165) is 5.56 Å². The highest BCUT2D eigenvalue weighted by atomic mass is 16.6. The van der Waals surface area contributed by atoms with Crippen molar-refractivity contribution in [2.24, 2.45) is 0 Å². The van der Waals surface area contributed by atoms with Crippen LogP contribution in [0.1, 0.15) is 11.7 Å². The molecule has 0 saturated carbocycles. The topological polar surface area (TPSA) is 55.4 Å². The summed E-state index contributed by atoms with van der Waals surface area (Å²) >= 11 is 0. The molecule has 1 aromatic carbocycles. The molecule has 0 heterocycles. The van der Waals surface area contributed by atoms with Gasteiger partial charge >= 0.3 is 0 Å². The van der Waals surface area contributed by atoms with E-state index >= 15 is 0 Å². The Morgan fingerprint density at radius 2 is 1.59 bits per heavy atom. The van der Waals surface area contributed by atoms with Gasteiger partial charge in [0.1, 0.15) is 6.10 Å². The summed E-state index contributed by atoms with van der Waals surface area (Å²) in [5.41, 5.74) is 0.893. The maximum absolute atomic E-state index is 5.61. The molecule has 0 spiro atoms. The summed E-state index contributed by atoms with van der Waals surface area (Å²) in [5.74, 6) is 1.33. The third-order valence-corrected chi connectivity index (χ3v) is 3.14. The van der Waals surface area contributed by atoms with Crippen LogP contribution in [0.2, 0.25) is 0 Å². The number of para-hydroxylation sites is 1. The monoisotopic (exact) mass is 314 g/mol. The van der Waals surface area contributed by atoms with Gasteiger partial charge in [0.25, 0.3) is 0 Å². The summed E-state index contributed by atoms with van der Waals surface area (Å²) in [4.78, 5) is 0. The maximum atomic E-state index is 5.61. The van der Waals surface area contributed by atoms with Crippen molar-refractivity contribution in [3.05, 3.63) is 23.8 Å². The van der Waals surface area contributed by atoms with Crippen LogP contribution in [0.15, 0.2) is 18.2 Å². The predicted octanol–water partition coefficient (Wildman–Crippen LogP) is 2.07. The molecule has 0 aliphatic heterocycles. The second-order valence-electron chi connectivity index (χ2n) is 4.49. The van der Waals surface area contributed by atoms with Gasteiger partial charge in [-0.3, -0.25) is 0 Å². The van der Waals surface area contributed by atoms with E-state index in [-0.39, 0.29) is 6.10 Å². The van der Waals surface area contributed by atoms with E-state index in [4.69, 9.17) is 28.4 Å². The Labute approximate surface area is 132 Å². The van der Waals surface area contributed by atoms with Crippen LogP contribution in [0.25, 0.3) is 0 Å². The summed E-state index contributed by atoms with van der Waals surface area (Å²) in [6.45, 7) is 2.58. The molecule has 0 saturated heterocycles. The first-order valence-corrected chi connectivity index (χ1v) is 7.16. The lowest BCUT2D eigenvalue weighted by atomic mass is 10.1. The molecule has 0 fully saturated rings. The zero-order valence-electron chi connectivity index (χ0n) is 13.8. The highest BCUT2D eigenvalue weighted by Crippen LogP contribution is 2.35. The SMILES string of the molecule is COCCOCCOCC(OC)c1cccc(OC)c1OC. The molecule has 0 radical (unpaired) electrons. The van der Waals surface area contributed by atoms with Gasteiger partial charge in [0.05, 0.1) is 47.3 Å². The van der Waals surface area contributed by atoms with Crippen molar-refractivity contribution >= 4 is 0 Å². The normalized spacial score (nSPS) is 12.2. The Kier molecular flexibility index (Phi) is 9.57. The Balaban J connectivity index is 2.50. The molecule has 22 heavy (non-hydrogen) atoms. The van der Waals surface area contributed by atoms with Gasteiger partial charge in [0.15, 0.2) is 11.5 Å². The zero-order valence-corrected chi connectivity index (χ0v) is 13.8. The molecule has 1 unspecified atom stereocenters. The van der Waals surface area contributed by atoms with Crippen LogP contribution in [-0.4, -0.2) is 61.5 Å². The van der Waals surface area contributed by atoms with Gasteiger partial charge in [0, 0.05) is 19.8 Å². The first-order valence-electron chi connectivity index (χ1n) is 7.16. The molecule has 0 aliphatic rings. The van der Waals surface area contributed by atoms with Gasteiger partial charge in [-0.1, -0.05) is 12.1 Å². The molecule has 0 aliphatic carbocycles. The molecule has 6 heteroatoms. The fraction of sp³-hybridized carbons (Fsp3) is 0.625. The van der Waals surface area contributed by atoms with Gasteiger partial charge in [-0.2, -0.15) is 0 Å². The Morgan fingerprint density at radius 3 is 2.23 bits per heavy atom. The van der Waals surface area contributed by atoms with E-state index in [9.17, 15) is 0 Å². The summed E-state index contributed by atoms with van der Waals surface area (Å²) in [6.07, 6.45) is -0.232. The third kappa shape index (κ3) is 5.81. The average Bonchev–Trinajstić information content (AvgIpc) is 2.56. The minimum Gasteiger partial charge on any atom is -0.493 e. The molecular weight excluding hydrogens is 288 g/mol. The van der Waals surface area contributed by atoms with E-state index in [1.807, 2.05) is 18.2 Å². The Morgan fingerprint density at radius 1 is 0.864 bits per heavy atom. The lowest BCUT2D eigenvalue weighted by Gasteiger charge is -2.20. The van der Waals surface area contributed by atoms with Crippen molar-refractivity contribution in [2.75, 3.05) is 61.5 Å². The van der Waals surface area contributed by atoms with Crippen molar-refractivity contribution < 1.29 is 28.4 Å². The van der Waals surface area contributed by atoms with E-state index in [0.29, 0.717) is 44.5 Å². The van der Waals surface area contributed by atoms with E-state index in [1.165, 1.54) is 0 Å². The summed E-state index contributed by atoms with van der Waals surface area (Å²) in [6, 6.07) is 5.68. The van der Waals surface area contributed by atoms with Crippen LogP contribution < -0.4 is 9.47 Å². The summed E-state index contributed by atoms with van der Waals surface area (Å²) < 4.78 is 32.1. The Bertz CT molecular complexity index is 410. The van der Waals surface area contributed by atoms with Crippen molar-refractivity contribution in [3.8, 4) is 11.5 Å². The first-order chi connectivity index (χ1) is 10.8. The molecule has 1 aromatic rings. The number of benzene rings is 1. The van der Waals surface area contributed by atoms with Crippen LogP contribution in [0.5, 0.6) is 11.5 Å². The van der Waals surface area contributed by atoms with Crippen molar-refractivity contribution in [2.45, 2.75) is 6.10 Å². The van der Waals surface area contributed by atoms with Crippen LogP contribution in [-0.2, 0) is 18.9 Å². The standard InChI is InChI=1S/C16H26O6/c1-17-8-9-21-10-11-22-12-15(19-3)13-6-5-7-14(18-2)16(13)20-4/h5-7,15H,8-12H2,1-4H3. The van der Waals surface area contributed by atoms with E-state index < -0.39 is 0 Å². The lowest BCUT2D eigenvalue weighted by molar-refractivity contribution is -0.0208. The maximum Gasteiger partial charge on any atom is 0.166 e. The van der Waals surface area contributed by atoms with Gasteiger partial charge in [-0.25, -0.2) is 0 Å². The third-order valence-electron chi connectivity index (χ3n) is 3.14. The highest BCUT2D eigenvalue weighted by molar-refractivity contribution is 5.47. The predicted molar refractivity (Wildman–Crippen MR) is 82.8 cm³/mol. The molecule has 0 aromatic heterocycles. The number of ether oxygens (including phenoxy) is 6. The van der Waals surface area contributed by atoms with Crippen molar-refractivity contribution in [3.63, 3.8) is 0 Å². The van der Waals surface area contributed by atoms with Crippen LogP contribution in [0, 0.1) is 0 Å². The Hall–Kier alpha value is -1.34. The molecule has 0 bridgehead atoms. The smallest absolute Gasteiger partial charge is 0.166 e. The molecule has 126 valence electrons. The number of hydrogen-bond donors (Lipinski definition) is 0. The lowest BCUT2D eigenvalue weighted by Crippen LogP contribution is -2.15. The second-order valence-corrected chi connectivity index (χ2v) is 4.49. The van der Waals surface area contributed by atoms with Crippen molar-refractivity contribution in [1.82, 2.24) is 0 Å². The van der Waals surface area contributed by atoms with Gasteiger partial charge in [-0.05, 0) is 6.07 Å². The largest absolute Gasteiger partial charge is 0.493 e. The first kappa shape index (κ1) is 18.7. The minimum atomic E-state index is -0.232. The van der Waals surface area contributed by atoms with Gasteiger partial charge in [0.2, 0.25) is 0 Å². The molecular formula is C16H26O6. The highest BCUT2D eigenvalue weighted by Gasteiger charge is 2.19. The van der Waals surface area contributed by atoms with Crippen molar-refractivity contribution in [1.29, 1.82) is 0 Å². The van der Waals surface area contributed by atoms with Crippen LogP contribution in [0.3, 0.4) is 0 Å². The molecule has 0 amide bonds. The van der Waals surface area contributed by atoms with Gasteiger partial charge < -0.3 is 28.4 Å². The molecule has 1 rings (SSSR count). The number of rotatable bonds is 12. The number of methoxy groups -OCH3 is 4. The van der Waals surface area contributed by atoms with Crippen LogP contribution in [0.4, 0.5) is 0 Å². The summed E-state index contributed by atoms with van der Waals surface area (Å²) in [7, 11) is 6.50. The second kappa shape index (κ2) is 11.3. The van der Waals surface area contributed by atoms with E-state index in [1.54, 1.807) is 28.4 Å². The number of hydrogen-bond acceptors (Lipinski definition) is 6. The molecule has 6 nitrogen and oxygen atoms in total. The van der Waals surface area contributed by atoms with E-state index in [2.05, 4.69) is 0 Å². The van der Waals surface area contributed by atoms with Crippen LogP contribution >= 0.6 is 0 Å². The summed E-state index contributed by atoms with van der Waals surface area (Å²) in [5, 5.41) is 0. The zero-order chi connectivity index (χ0) is 16.2. The molecule has 1 atom stereocenters. The fourth-order valence-corrected chi connectivity index (χ4v) is 2.00. The average molecular weight is 314 g/mol.